The number of halogens is 2. The van der Waals surface area contributed by atoms with Gasteiger partial charge in [0.05, 0.1) is 19.3 Å². The number of nitrogens with two attached hydrogens (primary N) is 1. The molecule has 0 amide bonds. The molecule has 1 aromatic heterocycles. The maximum absolute atomic E-state index is 5.98. The fourth-order valence-corrected chi connectivity index (χ4v) is 3.10. The first-order valence-electron chi connectivity index (χ1n) is 5.54. The fraction of sp³-hybridized carbons (Fsp3) is 0.545. The summed E-state index contributed by atoms with van der Waals surface area (Å²) in [6.07, 6.45) is 0.230. The van der Waals surface area contributed by atoms with Crippen molar-refractivity contribution in [2.45, 2.75) is 19.6 Å². The van der Waals surface area contributed by atoms with Crippen LogP contribution in [0.2, 0.25) is 0 Å². The highest BCUT2D eigenvalue weighted by Crippen LogP contribution is 2.20. The van der Waals surface area contributed by atoms with E-state index in [0.717, 1.165) is 24.2 Å². The van der Waals surface area contributed by atoms with E-state index in [-0.39, 0.29) is 30.1 Å². The van der Waals surface area contributed by atoms with Crippen LogP contribution in [-0.4, -0.2) is 36.7 Å². The van der Waals surface area contributed by atoms with Gasteiger partial charge in [-0.1, -0.05) is 0 Å². The van der Waals surface area contributed by atoms with Gasteiger partial charge in [0.1, 0.15) is 0 Å². The number of morpholine rings is 1. The number of rotatable bonds is 2. The topological polar surface area (TPSA) is 50.8 Å². The summed E-state index contributed by atoms with van der Waals surface area (Å²) in [6.45, 7) is 5.07. The third-order valence-corrected chi connectivity index (χ3v) is 4.27. The minimum Gasteiger partial charge on any atom is -0.375 e. The molecule has 1 saturated heterocycles. The Morgan fingerprint density at radius 2 is 2.50 bits per heavy atom. The molecule has 0 radical (unpaired) electrons. The molecular weight excluding hydrogens is 429 g/mol. The van der Waals surface area contributed by atoms with Gasteiger partial charge in [-0.15, -0.1) is 35.3 Å². The van der Waals surface area contributed by atoms with Crippen LogP contribution in [-0.2, 0) is 11.3 Å². The van der Waals surface area contributed by atoms with Crippen molar-refractivity contribution in [2.24, 2.45) is 10.7 Å². The molecule has 1 aromatic rings. The normalized spacial score (nSPS) is 20.7. The maximum atomic E-state index is 5.98. The van der Waals surface area contributed by atoms with Crippen LogP contribution in [0.15, 0.2) is 20.9 Å². The number of guanidine groups is 1. The first kappa shape index (κ1) is 16.2. The van der Waals surface area contributed by atoms with E-state index >= 15 is 0 Å². The number of nitrogens with zero attached hydrogens (tertiary/aromatic N) is 2. The van der Waals surface area contributed by atoms with Crippen molar-refractivity contribution in [3.63, 3.8) is 0 Å². The summed E-state index contributed by atoms with van der Waals surface area (Å²) in [5.41, 5.74) is 5.98. The summed E-state index contributed by atoms with van der Waals surface area (Å²) >= 11 is 5.11. The van der Waals surface area contributed by atoms with Crippen molar-refractivity contribution < 1.29 is 4.74 Å². The monoisotopic (exact) mass is 445 g/mol. The average Bonchev–Trinajstić information content (AvgIpc) is 2.72. The molecule has 0 bridgehead atoms. The molecule has 1 unspecified atom stereocenters. The zero-order valence-electron chi connectivity index (χ0n) is 10.1. The summed E-state index contributed by atoms with van der Waals surface area (Å²) in [4.78, 5) is 7.71. The Hall–Kier alpha value is 0.140. The SMILES string of the molecule is CC1CN(C(N)=NCc2cc(Br)cs2)CCO1.I. The van der Waals surface area contributed by atoms with Gasteiger partial charge in [-0.05, 0) is 28.9 Å². The van der Waals surface area contributed by atoms with Crippen LogP contribution in [0.4, 0.5) is 0 Å². The smallest absolute Gasteiger partial charge is 0.191 e. The largest absolute Gasteiger partial charge is 0.375 e. The molecule has 0 aromatic carbocycles. The van der Waals surface area contributed by atoms with E-state index in [0.29, 0.717) is 12.5 Å². The molecule has 0 spiro atoms. The molecule has 1 aliphatic rings. The highest BCUT2D eigenvalue weighted by atomic mass is 127. The Morgan fingerprint density at radius 1 is 1.72 bits per heavy atom. The van der Waals surface area contributed by atoms with E-state index < -0.39 is 0 Å². The zero-order chi connectivity index (χ0) is 12.3. The number of hydrogen-bond acceptors (Lipinski definition) is 3. The van der Waals surface area contributed by atoms with Crippen LogP contribution < -0.4 is 5.73 Å². The molecule has 7 heteroatoms. The van der Waals surface area contributed by atoms with Gasteiger partial charge in [0.15, 0.2) is 5.96 Å². The highest BCUT2D eigenvalue weighted by Gasteiger charge is 2.17. The Balaban J connectivity index is 0.00000162. The van der Waals surface area contributed by atoms with Gasteiger partial charge in [0.2, 0.25) is 0 Å². The number of aliphatic imine (C=N–C) groups is 1. The molecule has 1 fully saturated rings. The third kappa shape index (κ3) is 4.67. The molecule has 18 heavy (non-hydrogen) atoms. The Bertz CT molecular complexity index is 413. The summed E-state index contributed by atoms with van der Waals surface area (Å²) in [5.74, 6) is 0.615. The van der Waals surface area contributed by atoms with Crippen molar-refractivity contribution in [3.8, 4) is 0 Å². The Kier molecular flexibility index (Phi) is 6.89. The second-order valence-corrected chi connectivity index (χ2v) is 5.94. The first-order valence-corrected chi connectivity index (χ1v) is 7.22. The van der Waals surface area contributed by atoms with Gasteiger partial charge >= 0.3 is 0 Å². The molecule has 1 aliphatic heterocycles. The van der Waals surface area contributed by atoms with Gasteiger partial charge in [-0.25, -0.2) is 4.99 Å². The second-order valence-electron chi connectivity index (χ2n) is 4.03. The summed E-state index contributed by atoms with van der Waals surface area (Å²) < 4.78 is 6.57. The van der Waals surface area contributed by atoms with Crippen LogP contribution in [0.1, 0.15) is 11.8 Å². The average molecular weight is 446 g/mol. The number of hydrogen-bond donors (Lipinski definition) is 1. The molecule has 0 saturated carbocycles. The van der Waals surface area contributed by atoms with E-state index in [1.165, 1.54) is 4.88 Å². The molecule has 1 atom stereocenters. The first-order chi connectivity index (χ1) is 8.15. The van der Waals surface area contributed by atoms with Crippen molar-refractivity contribution in [2.75, 3.05) is 19.7 Å². The van der Waals surface area contributed by atoms with E-state index in [4.69, 9.17) is 10.5 Å². The lowest BCUT2D eigenvalue weighted by atomic mass is 10.3. The van der Waals surface area contributed by atoms with Crippen molar-refractivity contribution >= 4 is 57.2 Å². The summed E-state index contributed by atoms with van der Waals surface area (Å²) in [6, 6.07) is 2.07. The predicted octanol–water partition coefficient (Wildman–Crippen LogP) is 2.66. The highest BCUT2D eigenvalue weighted by molar-refractivity contribution is 14.0. The molecule has 2 heterocycles. The predicted molar refractivity (Wildman–Crippen MR) is 89.7 cm³/mol. The molecule has 2 N–H and O–H groups in total. The number of thiophene rings is 1. The summed E-state index contributed by atoms with van der Waals surface area (Å²) in [5, 5.41) is 2.05. The van der Waals surface area contributed by atoms with Crippen LogP contribution in [0.3, 0.4) is 0 Å². The van der Waals surface area contributed by atoms with Crippen molar-refractivity contribution in [1.29, 1.82) is 0 Å². The Labute approximate surface area is 137 Å². The molecule has 0 aliphatic carbocycles. The number of ether oxygens (including phenoxy) is 1. The van der Waals surface area contributed by atoms with Gasteiger partial charge in [-0.2, -0.15) is 0 Å². The van der Waals surface area contributed by atoms with E-state index in [1.54, 1.807) is 11.3 Å². The van der Waals surface area contributed by atoms with Crippen molar-refractivity contribution in [1.82, 2.24) is 4.90 Å². The quantitative estimate of drug-likeness (QED) is 0.432. The minimum atomic E-state index is 0. The third-order valence-electron chi connectivity index (χ3n) is 2.58. The van der Waals surface area contributed by atoms with Crippen LogP contribution in [0, 0.1) is 0 Å². The minimum absolute atomic E-state index is 0. The van der Waals surface area contributed by atoms with Gasteiger partial charge < -0.3 is 15.4 Å². The zero-order valence-corrected chi connectivity index (χ0v) is 14.9. The van der Waals surface area contributed by atoms with Gasteiger partial charge in [0, 0.05) is 27.8 Å². The standard InChI is InChI=1S/C11H16BrN3OS.HI/c1-8-6-15(2-3-16-8)11(13)14-5-10-4-9(12)7-17-10;/h4,7-8H,2-3,5-6H2,1H3,(H2,13,14);1H. The fourth-order valence-electron chi connectivity index (χ4n) is 1.72. The van der Waals surface area contributed by atoms with Crippen LogP contribution in [0.5, 0.6) is 0 Å². The molecule has 2 rings (SSSR count). The Morgan fingerprint density at radius 3 is 3.11 bits per heavy atom. The lowest BCUT2D eigenvalue weighted by molar-refractivity contribution is 0.00529. The lowest BCUT2D eigenvalue weighted by Crippen LogP contribution is -2.47. The molecule has 4 nitrogen and oxygen atoms in total. The van der Waals surface area contributed by atoms with Crippen molar-refractivity contribution in [3.05, 3.63) is 20.8 Å². The van der Waals surface area contributed by atoms with Gasteiger partial charge in [0.25, 0.3) is 0 Å². The maximum Gasteiger partial charge on any atom is 0.191 e. The second kappa shape index (κ2) is 7.66. The van der Waals surface area contributed by atoms with Crippen LogP contribution >= 0.6 is 51.2 Å². The van der Waals surface area contributed by atoms with Crippen LogP contribution in [0.25, 0.3) is 0 Å². The summed E-state index contributed by atoms with van der Waals surface area (Å²) in [7, 11) is 0. The van der Waals surface area contributed by atoms with E-state index in [9.17, 15) is 0 Å². The molecule has 102 valence electrons. The van der Waals surface area contributed by atoms with E-state index in [2.05, 4.69) is 44.2 Å². The van der Waals surface area contributed by atoms with Gasteiger partial charge in [-0.3, -0.25) is 0 Å². The van der Waals surface area contributed by atoms with E-state index in [1.807, 2.05) is 0 Å². The molecular formula is C11H17BrIN3OS. The lowest BCUT2D eigenvalue weighted by Gasteiger charge is -2.31.